The van der Waals surface area contributed by atoms with Gasteiger partial charge in [0.2, 0.25) is 5.91 Å². The summed E-state index contributed by atoms with van der Waals surface area (Å²) in [5, 5.41) is 0.686. The minimum atomic E-state index is -4.46. The SMILES string of the molecule is CN(Cc1ccccc1C(F)(F)F)C(=O)CSCc1nc2sc3c(c2c(=O)[nH]1)CCC3. The van der Waals surface area contributed by atoms with E-state index in [4.69, 9.17) is 0 Å². The number of hydrogen-bond acceptors (Lipinski definition) is 5. The molecule has 0 unspecified atom stereocenters. The molecule has 1 aliphatic rings. The van der Waals surface area contributed by atoms with Crippen LogP contribution in [0.25, 0.3) is 10.2 Å². The van der Waals surface area contributed by atoms with E-state index in [1.54, 1.807) is 11.3 Å². The maximum atomic E-state index is 13.1. The quantitative estimate of drug-likeness (QED) is 0.584. The zero-order chi connectivity index (χ0) is 22.2. The summed E-state index contributed by atoms with van der Waals surface area (Å²) in [6.45, 7) is -0.128. The van der Waals surface area contributed by atoms with Crippen molar-refractivity contribution in [3.8, 4) is 0 Å². The Morgan fingerprint density at radius 1 is 1.29 bits per heavy atom. The minimum Gasteiger partial charge on any atom is -0.341 e. The van der Waals surface area contributed by atoms with Crippen LogP contribution in [0.1, 0.15) is 33.8 Å². The molecule has 1 amide bonds. The van der Waals surface area contributed by atoms with Crippen LogP contribution in [0.2, 0.25) is 0 Å². The fourth-order valence-electron chi connectivity index (χ4n) is 3.74. The van der Waals surface area contributed by atoms with Crippen molar-refractivity contribution in [2.75, 3.05) is 12.8 Å². The molecule has 0 spiro atoms. The molecule has 0 radical (unpaired) electrons. The number of benzene rings is 1. The summed E-state index contributed by atoms with van der Waals surface area (Å²) in [5.41, 5.74) is 0.286. The van der Waals surface area contributed by atoms with Crippen LogP contribution in [0.5, 0.6) is 0 Å². The molecule has 5 nitrogen and oxygen atoms in total. The molecule has 164 valence electrons. The predicted octanol–water partition coefficient (Wildman–Crippen LogP) is 4.38. The molecular weight excluding hydrogens is 447 g/mol. The number of hydrogen-bond donors (Lipinski definition) is 1. The fourth-order valence-corrected chi connectivity index (χ4v) is 5.85. The molecule has 0 saturated carbocycles. The summed E-state index contributed by atoms with van der Waals surface area (Å²) in [4.78, 5) is 35.5. The first-order valence-electron chi connectivity index (χ1n) is 9.74. The average molecular weight is 468 g/mol. The lowest BCUT2D eigenvalue weighted by molar-refractivity contribution is -0.139. The standard InChI is InChI=1S/C21H20F3N3O2S2/c1-27(9-12-5-2-3-7-14(12)21(22,23)24)17(28)11-30-10-16-25-19(29)18-13-6-4-8-15(13)31-20(18)26-16/h2-3,5,7H,4,6,8-11H2,1H3,(H,25,26,29). The Hall–Kier alpha value is -2.33. The summed E-state index contributed by atoms with van der Waals surface area (Å²) in [5.74, 6) is 0.626. The molecule has 1 N–H and O–H groups in total. The highest BCUT2D eigenvalue weighted by Gasteiger charge is 2.33. The van der Waals surface area contributed by atoms with Crippen molar-refractivity contribution in [2.45, 2.75) is 37.7 Å². The van der Waals surface area contributed by atoms with Crippen LogP contribution < -0.4 is 5.56 Å². The number of aryl methyl sites for hydroxylation is 2. The van der Waals surface area contributed by atoms with Crippen LogP contribution >= 0.6 is 23.1 Å². The molecular formula is C21H20F3N3O2S2. The van der Waals surface area contributed by atoms with E-state index in [0.29, 0.717) is 17.0 Å². The Balaban J connectivity index is 1.37. The Morgan fingerprint density at radius 2 is 2.06 bits per heavy atom. The van der Waals surface area contributed by atoms with E-state index in [1.807, 2.05) is 0 Å². The number of alkyl halides is 3. The molecule has 10 heteroatoms. The maximum absolute atomic E-state index is 13.1. The van der Waals surface area contributed by atoms with Crippen molar-refractivity contribution in [1.82, 2.24) is 14.9 Å². The number of carbonyl (C=O) groups excluding carboxylic acids is 1. The number of aromatic nitrogens is 2. The van der Waals surface area contributed by atoms with Crippen LogP contribution in [0.3, 0.4) is 0 Å². The van der Waals surface area contributed by atoms with Gasteiger partial charge in [-0.2, -0.15) is 13.2 Å². The van der Waals surface area contributed by atoms with Gasteiger partial charge in [-0.1, -0.05) is 18.2 Å². The van der Waals surface area contributed by atoms with E-state index in [9.17, 15) is 22.8 Å². The van der Waals surface area contributed by atoms with Gasteiger partial charge in [0.15, 0.2) is 0 Å². The highest BCUT2D eigenvalue weighted by atomic mass is 32.2. The van der Waals surface area contributed by atoms with Crippen molar-refractivity contribution in [3.63, 3.8) is 0 Å². The first-order valence-corrected chi connectivity index (χ1v) is 11.7. The summed E-state index contributed by atoms with van der Waals surface area (Å²) in [6, 6.07) is 5.25. The highest BCUT2D eigenvalue weighted by Crippen LogP contribution is 2.35. The van der Waals surface area contributed by atoms with E-state index in [1.165, 1.54) is 46.8 Å². The first-order chi connectivity index (χ1) is 14.7. The van der Waals surface area contributed by atoms with Gasteiger partial charge in [0.1, 0.15) is 10.7 Å². The van der Waals surface area contributed by atoms with Gasteiger partial charge in [-0.3, -0.25) is 9.59 Å². The van der Waals surface area contributed by atoms with Crippen LogP contribution in [0.4, 0.5) is 13.2 Å². The van der Waals surface area contributed by atoms with Crippen molar-refractivity contribution in [3.05, 3.63) is 62.0 Å². The summed E-state index contributed by atoms with van der Waals surface area (Å²) in [7, 11) is 1.48. The zero-order valence-electron chi connectivity index (χ0n) is 16.7. The number of nitrogens with zero attached hydrogens (tertiary/aromatic N) is 2. The maximum Gasteiger partial charge on any atom is 0.416 e. The Kier molecular flexibility index (Phi) is 6.11. The normalized spacial score (nSPS) is 13.5. The third-order valence-corrected chi connectivity index (χ3v) is 7.36. The number of aromatic amines is 1. The van der Waals surface area contributed by atoms with E-state index < -0.39 is 11.7 Å². The van der Waals surface area contributed by atoms with E-state index in [-0.39, 0.29) is 29.3 Å². The average Bonchev–Trinajstić information content (AvgIpc) is 3.28. The van der Waals surface area contributed by atoms with Gasteiger partial charge in [-0.25, -0.2) is 4.98 Å². The van der Waals surface area contributed by atoms with Gasteiger partial charge in [0.05, 0.1) is 22.5 Å². The highest BCUT2D eigenvalue weighted by molar-refractivity contribution is 7.99. The largest absolute Gasteiger partial charge is 0.416 e. The molecule has 0 bridgehead atoms. The minimum absolute atomic E-state index is 0.0537. The second kappa shape index (κ2) is 8.66. The van der Waals surface area contributed by atoms with Gasteiger partial charge in [-0.15, -0.1) is 23.1 Å². The lowest BCUT2D eigenvalue weighted by Gasteiger charge is -2.20. The molecule has 31 heavy (non-hydrogen) atoms. The molecule has 0 fully saturated rings. The molecule has 2 heterocycles. The van der Waals surface area contributed by atoms with Crippen molar-refractivity contribution < 1.29 is 18.0 Å². The Morgan fingerprint density at radius 3 is 2.84 bits per heavy atom. The van der Waals surface area contributed by atoms with Gasteiger partial charge in [0.25, 0.3) is 5.56 Å². The van der Waals surface area contributed by atoms with Crippen molar-refractivity contribution >= 4 is 39.2 Å². The van der Waals surface area contributed by atoms with Crippen molar-refractivity contribution in [1.29, 1.82) is 0 Å². The molecule has 3 aromatic rings. The van der Waals surface area contributed by atoms with Gasteiger partial charge >= 0.3 is 6.18 Å². The molecule has 2 aromatic heterocycles. The number of rotatable bonds is 6. The second-order valence-corrected chi connectivity index (χ2v) is 9.52. The topological polar surface area (TPSA) is 66.1 Å². The lowest BCUT2D eigenvalue weighted by Crippen LogP contribution is -2.29. The van der Waals surface area contributed by atoms with E-state index >= 15 is 0 Å². The lowest BCUT2D eigenvalue weighted by atomic mass is 10.1. The van der Waals surface area contributed by atoms with Crippen LogP contribution in [0.15, 0.2) is 29.1 Å². The summed E-state index contributed by atoms with van der Waals surface area (Å²) >= 11 is 2.83. The van der Waals surface area contributed by atoms with Crippen molar-refractivity contribution in [2.24, 2.45) is 0 Å². The molecule has 1 aliphatic carbocycles. The molecule has 0 aliphatic heterocycles. The third-order valence-electron chi connectivity index (χ3n) is 5.24. The molecule has 4 rings (SSSR count). The van der Waals surface area contributed by atoms with Gasteiger partial charge < -0.3 is 9.88 Å². The second-order valence-electron chi connectivity index (χ2n) is 7.45. The number of nitrogens with one attached hydrogen (secondary N) is 1. The first kappa shape index (κ1) is 21.9. The predicted molar refractivity (Wildman–Crippen MR) is 116 cm³/mol. The Labute approximate surface area is 184 Å². The third kappa shape index (κ3) is 4.64. The smallest absolute Gasteiger partial charge is 0.341 e. The van der Waals surface area contributed by atoms with Crippen LogP contribution in [-0.2, 0) is 36.1 Å². The number of carbonyl (C=O) groups is 1. The Bertz CT molecular complexity index is 1190. The van der Waals surface area contributed by atoms with E-state index in [2.05, 4.69) is 9.97 Å². The molecule has 0 saturated heterocycles. The monoisotopic (exact) mass is 467 g/mol. The summed E-state index contributed by atoms with van der Waals surface area (Å²) in [6.07, 6.45) is -1.50. The number of H-pyrrole nitrogens is 1. The number of amides is 1. The number of thiophene rings is 1. The van der Waals surface area contributed by atoms with Crippen LogP contribution in [-0.4, -0.2) is 33.6 Å². The van der Waals surface area contributed by atoms with Crippen LogP contribution in [0, 0.1) is 0 Å². The fraction of sp³-hybridized carbons (Fsp3) is 0.381. The molecule has 0 atom stereocenters. The number of thioether (sulfide) groups is 1. The van der Waals surface area contributed by atoms with E-state index in [0.717, 1.165) is 35.7 Å². The van der Waals surface area contributed by atoms with Gasteiger partial charge in [0, 0.05) is 18.5 Å². The zero-order valence-corrected chi connectivity index (χ0v) is 18.3. The summed E-state index contributed by atoms with van der Waals surface area (Å²) < 4.78 is 39.4. The number of halogens is 3. The number of fused-ring (bicyclic) bond motifs is 3. The van der Waals surface area contributed by atoms with Gasteiger partial charge in [-0.05, 0) is 36.5 Å². The molecule has 1 aromatic carbocycles.